The first-order valence-electron chi connectivity index (χ1n) is 3.71. The summed E-state index contributed by atoms with van der Waals surface area (Å²) in [5.41, 5.74) is 0. The summed E-state index contributed by atoms with van der Waals surface area (Å²) in [5, 5.41) is 12.2. The molecule has 5 heteroatoms. The minimum Gasteiger partial charge on any atom is -0.473 e. The summed E-state index contributed by atoms with van der Waals surface area (Å²) >= 11 is 0. The van der Waals surface area contributed by atoms with Gasteiger partial charge < -0.3 is 9.84 Å². The van der Waals surface area contributed by atoms with Crippen LogP contribution in [0.4, 0.5) is 4.79 Å². The number of carboxylic acid groups (broad SMARTS) is 1. The number of hydrogen-bond acceptors (Lipinski definition) is 3. The Labute approximate surface area is 68.6 Å². The molecule has 0 atom stereocenters. The molecule has 0 amide bonds. The van der Waals surface area contributed by atoms with Crippen LogP contribution in [0, 0.1) is 0 Å². The van der Waals surface area contributed by atoms with Crippen molar-refractivity contribution in [2.24, 2.45) is 0 Å². The van der Waals surface area contributed by atoms with E-state index in [-0.39, 0.29) is 6.10 Å². The Morgan fingerprint density at radius 3 is 3.00 bits per heavy atom. The zero-order valence-corrected chi connectivity index (χ0v) is 6.30. The Morgan fingerprint density at radius 1 is 1.75 bits per heavy atom. The normalized spacial score (nSPS) is 16.0. The topological polar surface area (TPSA) is 64.3 Å². The van der Waals surface area contributed by atoms with Crippen LogP contribution in [0.5, 0.6) is 5.88 Å². The highest BCUT2D eigenvalue weighted by atomic mass is 16.5. The van der Waals surface area contributed by atoms with E-state index in [0.717, 1.165) is 17.5 Å². The minimum absolute atomic E-state index is 0.252. The third kappa shape index (κ3) is 1.39. The van der Waals surface area contributed by atoms with Gasteiger partial charge in [0.25, 0.3) is 0 Å². The molecule has 0 aliphatic heterocycles. The summed E-state index contributed by atoms with van der Waals surface area (Å²) in [7, 11) is 0. The molecule has 1 fully saturated rings. The van der Waals surface area contributed by atoms with E-state index in [0.29, 0.717) is 5.88 Å². The molecule has 1 aromatic rings. The second kappa shape index (κ2) is 2.51. The molecule has 1 aromatic heterocycles. The lowest BCUT2D eigenvalue weighted by atomic mass is 10.7. The van der Waals surface area contributed by atoms with Crippen LogP contribution in [0.2, 0.25) is 0 Å². The average molecular weight is 168 g/mol. The third-order valence-electron chi connectivity index (χ3n) is 1.57. The van der Waals surface area contributed by atoms with E-state index in [4.69, 9.17) is 9.84 Å². The van der Waals surface area contributed by atoms with E-state index in [1.54, 1.807) is 6.07 Å². The second-order valence-corrected chi connectivity index (χ2v) is 2.70. The Kier molecular flexibility index (Phi) is 1.49. The Bertz CT molecular complexity index is 303. The third-order valence-corrected chi connectivity index (χ3v) is 1.57. The van der Waals surface area contributed by atoms with Crippen molar-refractivity contribution < 1.29 is 14.6 Å². The van der Waals surface area contributed by atoms with Gasteiger partial charge in [-0.2, -0.15) is 4.68 Å². The van der Waals surface area contributed by atoms with Crippen LogP contribution in [0.3, 0.4) is 0 Å². The maximum absolute atomic E-state index is 10.4. The van der Waals surface area contributed by atoms with Gasteiger partial charge in [0, 0.05) is 12.3 Å². The SMILES string of the molecule is O=C(O)n1ccc(OC2CC2)n1. The van der Waals surface area contributed by atoms with Crippen LogP contribution in [-0.2, 0) is 0 Å². The Morgan fingerprint density at radius 2 is 2.50 bits per heavy atom. The first-order chi connectivity index (χ1) is 5.75. The maximum atomic E-state index is 10.4. The summed E-state index contributed by atoms with van der Waals surface area (Å²) in [5.74, 6) is 0.389. The van der Waals surface area contributed by atoms with Crippen molar-refractivity contribution in [2.75, 3.05) is 0 Å². The van der Waals surface area contributed by atoms with Crippen LogP contribution in [0.25, 0.3) is 0 Å². The van der Waals surface area contributed by atoms with Gasteiger partial charge in [0.05, 0.1) is 0 Å². The van der Waals surface area contributed by atoms with E-state index in [9.17, 15) is 4.79 Å². The van der Waals surface area contributed by atoms with Crippen LogP contribution in [0.15, 0.2) is 12.3 Å². The van der Waals surface area contributed by atoms with Gasteiger partial charge >= 0.3 is 6.09 Å². The molecule has 64 valence electrons. The largest absolute Gasteiger partial charge is 0.473 e. The lowest BCUT2D eigenvalue weighted by Crippen LogP contribution is -2.08. The van der Waals surface area contributed by atoms with Gasteiger partial charge in [0.2, 0.25) is 5.88 Å². The average Bonchev–Trinajstić information content (AvgIpc) is 2.66. The molecule has 1 N–H and O–H groups in total. The van der Waals surface area contributed by atoms with Crippen molar-refractivity contribution in [3.8, 4) is 5.88 Å². The zero-order chi connectivity index (χ0) is 8.55. The lowest BCUT2D eigenvalue weighted by Gasteiger charge is -1.96. The maximum Gasteiger partial charge on any atom is 0.432 e. The number of ether oxygens (including phenoxy) is 1. The second-order valence-electron chi connectivity index (χ2n) is 2.70. The van der Waals surface area contributed by atoms with Crippen LogP contribution < -0.4 is 4.74 Å². The van der Waals surface area contributed by atoms with Crippen molar-refractivity contribution in [1.29, 1.82) is 0 Å². The van der Waals surface area contributed by atoms with E-state index in [1.807, 2.05) is 0 Å². The minimum atomic E-state index is -1.10. The first kappa shape index (κ1) is 7.15. The highest BCUT2D eigenvalue weighted by molar-refractivity contribution is 5.66. The molecular weight excluding hydrogens is 160 g/mol. The summed E-state index contributed by atoms with van der Waals surface area (Å²) < 4.78 is 6.09. The van der Waals surface area contributed by atoms with Crippen LogP contribution >= 0.6 is 0 Å². The highest BCUT2D eigenvalue weighted by Crippen LogP contribution is 2.25. The quantitative estimate of drug-likeness (QED) is 0.714. The van der Waals surface area contributed by atoms with Crippen molar-refractivity contribution in [1.82, 2.24) is 9.78 Å². The summed E-state index contributed by atoms with van der Waals surface area (Å²) in [6.45, 7) is 0. The molecule has 0 spiro atoms. The van der Waals surface area contributed by atoms with Crippen LogP contribution in [0.1, 0.15) is 12.8 Å². The van der Waals surface area contributed by atoms with Crippen molar-refractivity contribution >= 4 is 6.09 Å². The molecule has 2 rings (SSSR count). The number of hydrogen-bond donors (Lipinski definition) is 1. The fraction of sp³-hybridized carbons (Fsp3) is 0.429. The molecule has 0 bridgehead atoms. The van der Waals surface area contributed by atoms with Gasteiger partial charge in [0.15, 0.2) is 0 Å². The zero-order valence-electron chi connectivity index (χ0n) is 6.30. The standard InChI is InChI=1S/C7H8N2O3/c10-7(11)9-4-3-6(8-9)12-5-1-2-5/h3-5H,1-2H2,(H,10,11). The molecule has 5 nitrogen and oxygen atoms in total. The molecule has 0 unspecified atom stereocenters. The van der Waals surface area contributed by atoms with Crippen molar-refractivity contribution in [3.05, 3.63) is 12.3 Å². The first-order valence-corrected chi connectivity index (χ1v) is 3.71. The van der Waals surface area contributed by atoms with Gasteiger partial charge in [-0.05, 0) is 12.8 Å². The fourth-order valence-electron chi connectivity index (χ4n) is 0.833. The molecule has 0 aromatic carbocycles. The fourth-order valence-corrected chi connectivity index (χ4v) is 0.833. The van der Waals surface area contributed by atoms with Gasteiger partial charge in [-0.15, -0.1) is 5.10 Å². The van der Waals surface area contributed by atoms with Crippen LogP contribution in [-0.4, -0.2) is 27.1 Å². The number of rotatable bonds is 2. The van der Waals surface area contributed by atoms with E-state index >= 15 is 0 Å². The number of carbonyl (C=O) groups is 1. The monoisotopic (exact) mass is 168 g/mol. The predicted molar refractivity (Wildman–Crippen MR) is 39.3 cm³/mol. The summed E-state index contributed by atoms with van der Waals surface area (Å²) in [6, 6.07) is 1.55. The summed E-state index contributed by atoms with van der Waals surface area (Å²) in [4.78, 5) is 10.4. The van der Waals surface area contributed by atoms with Gasteiger partial charge in [0.1, 0.15) is 6.10 Å². The summed E-state index contributed by atoms with van der Waals surface area (Å²) in [6.07, 6.45) is 2.60. The van der Waals surface area contributed by atoms with E-state index in [2.05, 4.69) is 5.10 Å². The molecule has 1 aliphatic carbocycles. The molecule has 12 heavy (non-hydrogen) atoms. The van der Waals surface area contributed by atoms with E-state index in [1.165, 1.54) is 6.20 Å². The molecule has 1 saturated carbocycles. The number of aromatic nitrogens is 2. The van der Waals surface area contributed by atoms with Crippen molar-refractivity contribution in [2.45, 2.75) is 18.9 Å². The van der Waals surface area contributed by atoms with E-state index < -0.39 is 6.09 Å². The van der Waals surface area contributed by atoms with Crippen molar-refractivity contribution in [3.63, 3.8) is 0 Å². The molecule has 1 aliphatic rings. The van der Waals surface area contributed by atoms with Gasteiger partial charge in [-0.1, -0.05) is 0 Å². The smallest absolute Gasteiger partial charge is 0.432 e. The van der Waals surface area contributed by atoms with Gasteiger partial charge in [-0.3, -0.25) is 0 Å². The molecule has 1 heterocycles. The molecular formula is C7H8N2O3. The Balaban J connectivity index is 2.06. The van der Waals surface area contributed by atoms with Gasteiger partial charge in [-0.25, -0.2) is 4.79 Å². The lowest BCUT2D eigenvalue weighted by molar-refractivity contribution is 0.191. The molecule has 0 saturated heterocycles. The highest BCUT2D eigenvalue weighted by Gasteiger charge is 2.24. The Hall–Kier alpha value is -1.52. The predicted octanol–water partition coefficient (Wildman–Crippen LogP) is 0.950. The number of nitrogens with zero attached hydrogens (tertiary/aromatic N) is 2. The molecule has 0 radical (unpaired) electrons.